The molecule has 0 bridgehead atoms. The lowest BCUT2D eigenvalue weighted by Crippen LogP contribution is -2.23. The predicted molar refractivity (Wildman–Crippen MR) is 51.2 cm³/mol. The summed E-state index contributed by atoms with van der Waals surface area (Å²) in [4.78, 5) is 10.4. The van der Waals surface area contributed by atoms with Crippen molar-refractivity contribution in [3.8, 4) is 0 Å². The number of hydrogen-bond acceptors (Lipinski definition) is 3. The van der Waals surface area contributed by atoms with Crippen LogP contribution in [-0.4, -0.2) is 31.7 Å². The number of alkyl halides is 1. The Bertz CT molecular complexity index is 343. The molecule has 0 aliphatic carbocycles. The van der Waals surface area contributed by atoms with Crippen molar-refractivity contribution < 1.29 is 14.3 Å². The summed E-state index contributed by atoms with van der Waals surface area (Å²) in [5.74, 6) is -0.887. The maximum absolute atomic E-state index is 13.3. The van der Waals surface area contributed by atoms with E-state index in [9.17, 15) is 9.18 Å². The van der Waals surface area contributed by atoms with E-state index < -0.39 is 11.6 Å². The number of halogens is 1. The van der Waals surface area contributed by atoms with Gasteiger partial charge in [0.1, 0.15) is 5.67 Å². The van der Waals surface area contributed by atoms with Crippen LogP contribution in [0.25, 0.3) is 0 Å². The van der Waals surface area contributed by atoms with Crippen molar-refractivity contribution in [2.45, 2.75) is 38.9 Å². The quantitative estimate of drug-likeness (QED) is 0.796. The molecule has 0 saturated heterocycles. The highest BCUT2D eigenvalue weighted by Gasteiger charge is 2.19. The van der Waals surface area contributed by atoms with Gasteiger partial charge >= 0.3 is 5.97 Å². The number of carbonyl (C=O) groups is 1. The van der Waals surface area contributed by atoms with Crippen molar-refractivity contribution in [3.63, 3.8) is 0 Å². The van der Waals surface area contributed by atoms with E-state index in [0.717, 1.165) is 0 Å². The molecule has 6 heteroatoms. The first-order chi connectivity index (χ1) is 6.88. The minimum Gasteiger partial charge on any atom is -0.481 e. The average Bonchev–Trinajstić information content (AvgIpc) is 2.45. The van der Waals surface area contributed by atoms with Crippen LogP contribution in [0.5, 0.6) is 0 Å². The molecule has 1 rings (SSSR count). The van der Waals surface area contributed by atoms with Gasteiger partial charge in [-0.05, 0) is 13.8 Å². The summed E-state index contributed by atoms with van der Waals surface area (Å²) in [7, 11) is 0. The van der Waals surface area contributed by atoms with Crippen LogP contribution in [0, 0.1) is 0 Å². The Hall–Kier alpha value is -1.46. The third-order valence-corrected chi connectivity index (χ3v) is 1.82. The number of aliphatic carboxylic acids is 1. The van der Waals surface area contributed by atoms with E-state index in [-0.39, 0.29) is 13.0 Å². The molecule has 1 aromatic heterocycles. The fourth-order valence-electron chi connectivity index (χ4n) is 1.20. The molecule has 0 fully saturated rings. The Morgan fingerprint density at radius 1 is 1.67 bits per heavy atom. The highest BCUT2D eigenvalue weighted by atomic mass is 19.1. The third kappa shape index (κ3) is 4.05. The SMILES string of the molecule is CC(C)(F)Cn1nncc1CCC(=O)O. The maximum atomic E-state index is 13.3. The molecule has 84 valence electrons. The lowest BCUT2D eigenvalue weighted by molar-refractivity contribution is -0.136. The normalized spacial score (nSPS) is 11.7. The number of aromatic nitrogens is 3. The second-order valence-corrected chi connectivity index (χ2v) is 4.00. The van der Waals surface area contributed by atoms with Crippen LogP contribution in [0.15, 0.2) is 6.20 Å². The molecule has 1 heterocycles. The Morgan fingerprint density at radius 2 is 2.33 bits per heavy atom. The van der Waals surface area contributed by atoms with Gasteiger partial charge in [0.15, 0.2) is 0 Å². The molecule has 0 aromatic carbocycles. The van der Waals surface area contributed by atoms with Gasteiger partial charge in [-0.3, -0.25) is 4.79 Å². The van der Waals surface area contributed by atoms with E-state index in [0.29, 0.717) is 12.1 Å². The van der Waals surface area contributed by atoms with Crippen molar-refractivity contribution in [1.29, 1.82) is 0 Å². The smallest absolute Gasteiger partial charge is 0.303 e. The number of carboxylic acids is 1. The van der Waals surface area contributed by atoms with Crippen molar-refractivity contribution in [2.24, 2.45) is 0 Å². The fourth-order valence-corrected chi connectivity index (χ4v) is 1.20. The highest BCUT2D eigenvalue weighted by Crippen LogP contribution is 2.12. The molecule has 15 heavy (non-hydrogen) atoms. The average molecular weight is 215 g/mol. The highest BCUT2D eigenvalue weighted by molar-refractivity contribution is 5.66. The van der Waals surface area contributed by atoms with E-state index in [1.54, 1.807) is 0 Å². The zero-order chi connectivity index (χ0) is 11.5. The molecular weight excluding hydrogens is 201 g/mol. The van der Waals surface area contributed by atoms with E-state index in [1.807, 2.05) is 0 Å². The maximum Gasteiger partial charge on any atom is 0.303 e. The second kappa shape index (κ2) is 4.37. The number of hydrogen-bond donors (Lipinski definition) is 1. The van der Waals surface area contributed by atoms with E-state index in [2.05, 4.69) is 10.3 Å². The van der Waals surface area contributed by atoms with Crippen LogP contribution in [0.4, 0.5) is 4.39 Å². The lowest BCUT2D eigenvalue weighted by atomic mass is 10.1. The molecule has 0 aliphatic heterocycles. The number of carboxylic acid groups (broad SMARTS) is 1. The first-order valence-corrected chi connectivity index (χ1v) is 4.66. The molecule has 1 N–H and O–H groups in total. The molecule has 0 unspecified atom stereocenters. The van der Waals surface area contributed by atoms with Crippen LogP contribution >= 0.6 is 0 Å². The predicted octanol–water partition coefficient (Wildman–Crippen LogP) is 1.04. The van der Waals surface area contributed by atoms with Gasteiger partial charge in [0, 0.05) is 6.42 Å². The Labute approximate surface area is 86.9 Å². The van der Waals surface area contributed by atoms with Gasteiger partial charge in [-0.15, -0.1) is 5.10 Å². The first kappa shape index (κ1) is 11.6. The summed E-state index contributed by atoms with van der Waals surface area (Å²) in [5, 5.41) is 15.9. The van der Waals surface area contributed by atoms with Gasteiger partial charge in [-0.2, -0.15) is 0 Å². The fraction of sp³-hybridized carbons (Fsp3) is 0.667. The zero-order valence-corrected chi connectivity index (χ0v) is 8.77. The van der Waals surface area contributed by atoms with Gasteiger partial charge in [0.2, 0.25) is 0 Å². The van der Waals surface area contributed by atoms with E-state index in [4.69, 9.17) is 5.11 Å². The number of nitrogens with zero attached hydrogens (tertiary/aromatic N) is 3. The molecule has 1 aromatic rings. The molecule has 0 amide bonds. The minimum atomic E-state index is -1.38. The summed E-state index contributed by atoms with van der Waals surface area (Å²) >= 11 is 0. The molecule has 0 spiro atoms. The first-order valence-electron chi connectivity index (χ1n) is 4.66. The molecule has 0 radical (unpaired) electrons. The topological polar surface area (TPSA) is 68.0 Å². The molecular formula is C9H14FN3O2. The Kier molecular flexibility index (Phi) is 3.39. The monoisotopic (exact) mass is 215 g/mol. The standard InChI is InChI=1S/C9H14FN3O2/c1-9(2,10)6-13-7(5-11-12-13)3-4-8(14)15/h5H,3-4,6H2,1-2H3,(H,14,15). The Balaban J connectivity index is 2.65. The number of rotatable bonds is 5. The van der Waals surface area contributed by atoms with Crippen LogP contribution in [-0.2, 0) is 17.8 Å². The summed E-state index contributed by atoms with van der Waals surface area (Å²) in [6.45, 7) is 2.97. The van der Waals surface area contributed by atoms with Crippen molar-refractivity contribution >= 4 is 5.97 Å². The van der Waals surface area contributed by atoms with Gasteiger partial charge in [-0.25, -0.2) is 9.07 Å². The summed E-state index contributed by atoms with van der Waals surface area (Å²) < 4.78 is 14.7. The number of aryl methyl sites for hydroxylation is 1. The minimum absolute atomic E-state index is 0.0000869. The van der Waals surface area contributed by atoms with Crippen LogP contribution in [0.2, 0.25) is 0 Å². The second-order valence-electron chi connectivity index (χ2n) is 4.00. The largest absolute Gasteiger partial charge is 0.481 e. The molecule has 0 saturated carbocycles. The van der Waals surface area contributed by atoms with Gasteiger partial charge < -0.3 is 5.11 Å². The molecule has 0 aliphatic rings. The van der Waals surface area contributed by atoms with Gasteiger partial charge in [0.05, 0.1) is 24.9 Å². The summed E-state index contributed by atoms with van der Waals surface area (Å²) in [6.07, 6.45) is 1.78. The van der Waals surface area contributed by atoms with Gasteiger partial charge in [0.25, 0.3) is 0 Å². The zero-order valence-electron chi connectivity index (χ0n) is 8.77. The third-order valence-electron chi connectivity index (χ3n) is 1.82. The van der Waals surface area contributed by atoms with E-state index in [1.165, 1.54) is 24.7 Å². The van der Waals surface area contributed by atoms with Crippen LogP contribution < -0.4 is 0 Å². The Morgan fingerprint density at radius 3 is 2.87 bits per heavy atom. The van der Waals surface area contributed by atoms with Crippen LogP contribution in [0.3, 0.4) is 0 Å². The van der Waals surface area contributed by atoms with E-state index >= 15 is 0 Å². The lowest BCUT2D eigenvalue weighted by Gasteiger charge is -2.14. The molecule has 0 atom stereocenters. The summed E-state index contributed by atoms with van der Waals surface area (Å²) in [6, 6.07) is 0. The van der Waals surface area contributed by atoms with Crippen molar-refractivity contribution in [3.05, 3.63) is 11.9 Å². The molecule has 5 nitrogen and oxygen atoms in total. The van der Waals surface area contributed by atoms with Crippen molar-refractivity contribution in [1.82, 2.24) is 15.0 Å². The van der Waals surface area contributed by atoms with Gasteiger partial charge in [-0.1, -0.05) is 5.21 Å². The van der Waals surface area contributed by atoms with Crippen molar-refractivity contribution in [2.75, 3.05) is 0 Å². The van der Waals surface area contributed by atoms with Crippen LogP contribution in [0.1, 0.15) is 26.0 Å². The summed E-state index contributed by atoms with van der Waals surface area (Å²) in [5.41, 5.74) is -0.741.